The van der Waals surface area contributed by atoms with Gasteiger partial charge in [0.1, 0.15) is 6.54 Å². The van der Waals surface area contributed by atoms with Crippen molar-refractivity contribution in [2.75, 3.05) is 37.4 Å². The van der Waals surface area contributed by atoms with Gasteiger partial charge in [0, 0.05) is 25.8 Å². The van der Waals surface area contributed by atoms with Crippen LogP contribution in [0.15, 0.2) is 24.3 Å². The van der Waals surface area contributed by atoms with E-state index in [1.165, 1.54) is 25.3 Å². The van der Waals surface area contributed by atoms with Crippen molar-refractivity contribution in [3.05, 3.63) is 34.4 Å². The van der Waals surface area contributed by atoms with Crippen molar-refractivity contribution < 1.29 is 22.9 Å². The molecule has 0 aromatic heterocycles. The fourth-order valence-electron chi connectivity index (χ4n) is 1.64. The van der Waals surface area contributed by atoms with Gasteiger partial charge in [-0.25, -0.2) is 8.42 Å². The third-order valence-electron chi connectivity index (χ3n) is 2.64. The second kappa shape index (κ2) is 7.71. The van der Waals surface area contributed by atoms with Crippen LogP contribution in [0.2, 0.25) is 0 Å². The highest BCUT2D eigenvalue weighted by Crippen LogP contribution is 2.22. The number of hydrogen-bond donors (Lipinski definition) is 1. The Bertz CT molecular complexity index is 646. The lowest BCUT2D eigenvalue weighted by Gasteiger charge is -2.21. The molecule has 10 heteroatoms. The monoisotopic (exact) mass is 331 g/mol. The summed E-state index contributed by atoms with van der Waals surface area (Å²) in [5.74, 6) is -0.533. The van der Waals surface area contributed by atoms with Crippen LogP contribution in [0.1, 0.15) is 0 Å². The first-order valence-corrected chi connectivity index (χ1v) is 8.08. The highest BCUT2D eigenvalue weighted by molar-refractivity contribution is 7.92. The van der Waals surface area contributed by atoms with Crippen molar-refractivity contribution in [1.29, 1.82) is 0 Å². The van der Waals surface area contributed by atoms with E-state index >= 15 is 0 Å². The first-order chi connectivity index (χ1) is 10.3. The predicted octanol–water partition coefficient (Wildman–Crippen LogP) is 0.123. The molecule has 0 atom stereocenters. The molecule has 1 aromatic rings. The van der Waals surface area contributed by atoms with Gasteiger partial charge in [-0.2, -0.15) is 0 Å². The SMILES string of the molecule is COCCNC(=O)CN(c1cccc([N+](=O)[O-])c1)S(C)(=O)=O. The molecule has 0 saturated heterocycles. The summed E-state index contributed by atoms with van der Waals surface area (Å²) >= 11 is 0. The van der Waals surface area contributed by atoms with Crippen molar-refractivity contribution in [1.82, 2.24) is 5.32 Å². The third kappa shape index (κ3) is 5.30. The topological polar surface area (TPSA) is 119 Å². The lowest BCUT2D eigenvalue weighted by molar-refractivity contribution is -0.384. The molecular weight excluding hydrogens is 314 g/mol. The molecule has 1 rings (SSSR count). The molecular formula is C12H17N3O6S. The highest BCUT2D eigenvalue weighted by atomic mass is 32.2. The van der Waals surface area contributed by atoms with Crippen LogP contribution in [0.25, 0.3) is 0 Å². The van der Waals surface area contributed by atoms with Gasteiger partial charge in [0.25, 0.3) is 5.69 Å². The van der Waals surface area contributed by atoms with E-state index in [9.17, 15) is 23.3 Å². The Morgan fingerprint density at radius 2 is 2.14 bits per heavy atom. The van der Waals surface area contributed by atoms with Crippen LogP contribution in [0, 0.1) is 10.1 Å². The van der Waals surface area contributed by atoms with E-state index in [0.29, 0.717) is 6.61 Å². The summed E-state index contributed by atoms with van der Waals surface area (Å²) in [5.41, 5.74) is -0.204. The summed E-state index contributed by atoms with van der Waals surface area (Å²) < 4.78 is 29.2. The Morgan fingerprint density at radius 1 is 1.45 bits per heavy atom. The number of non-ortho nitro benzene ring substituents is 1. The minimum Gasteiger partial charge on any atom is -0.383 e. The van der Waals surface area contributed by atoms with Crippen LogP contribution < -0.4 is 9.62 Å². The zero-order valence-electron chi connectivity index (χ0n) is 12.2. The molecule has 22 heavy (non-hydrogen) atoms. The van der Waals surface area contributed by atoms with Crippen molar-refractivity contribution in [3.8, 4) is 0 Å². The van der Waals surface area contributed by atoms with Crippen molar-refractivity contribution in [2.45, 2.75) is 0 Å². The molecule has 0 heterocycles. The summed E-state index contributed by atoms with van der Waals surface area (Å²) in [7, 11) is -2.30. The first kappa shape index (κ1) is 17.9. The molecule has 0 aliphatic heterocycles. The number of carbonyl (C=O) groups is 1. The smallest absolute Gasteiger partial charge is 0.271 e. The van der Waals surface area contributed by atoms with Gasteiger partial charge in [-0.05, 0) is 6.07 Å². The number of hydrogen-bond acceptors (Lipinski definition) is 6. The van der Waals surface area contributed by atoms with Crippen molar-refractivity contribution in [3.63, 3.8) is 0 Å². The molecule has 0 aliphatic carbocycles. The van der Waals surface area contributed by atoms with Gasteiger partial charge in [0.2, 0.25) is 15.9 Å². The summed E-state index contributed by atoms with van der Waals surface area (Å²) in [6.45, 7) is 0.0625. The number of carbonyl (C=O) groups excluding carboxylic acids is 1. The Hall–Kier alpha value is -2.20. The summed E-state index contributed by atoms with van der Waals surface area (Å²) in [6.07, 6.45) is 0.925. The number of nitro groups is 1. The maximum atomic E-state index is 11.8. The van der Waals surface area contributed by atoms with E-state index in [1.807, 2.05) is 0 Å². The Kier molecular flexibility index (Phi) is 6.25. The van der Waals surface area contributed by atoms with Gasteiger partial charge in [-0.1, -0.05) is 6.07 Å². The predicted molar refractivity (Wildman–Crippen MR) is 80.2 cm³/mol. The number of benzene rings is 1. The van der Waals surface area contributed by atoms with Crippen LogP contribution >= 0.6 is 0 Å². The fraction of sp³-hybridized carbons (Fsp3) is 0.417. The van der Waals surface area contributed by atoms with Gasteiger partial charge in [-0.15, -0.1) is 0 Å². The zero-order valence-corrected chi connectivity index (χ0v) is 13.0. The molecule has 0 radical (unpaired) electrons. The Morgan fingerprint density at radius 3 is 2.68 bits per heavy atom. The lowest BCUT2D eigenvalue weighted by atomic mass is 10.3. The van der Waals surface area contributed by atoms with Gasteiger partial charge < -0.3 is 10.1 Å². The molecule has 1 aromatic carbocycles. The Labute approximate surface area is 128 Å². The number of rotatable bonds is 8. The van der Waals surface area contributed by atoms with E-state index in [2.05, 4.69) is 5.32 Å². The molecule has 9 nitrogen and oxygen atoms in total. The van der Waals surface area contributed by atoms with E-state index in [4.69, 9.17) is 4.74 Å². The minimum absolute atomic E-state index is 0.0543. The standard InChI is InChI=1S/C12H17N3O6S/c1-21-7-6-13-12(16)9-14(22(2,19)20)10-4-3-5-11(8-10)15(17)18/h3-5,8H,6-7,9H2,1-2H3,(H,13,16). The number of amides is 1. The summed E-state index contributed by atoms with van der Waals surface area (Å²) in [4.78, 5) is 21.9. The van der Waals surface area contributed by atoms with Crippen LogP contribution in [0.4, 0.5) is 11.4 Å². The Balaban J connectivity index is 2.97. The first-order valence-electron chi connectivity index (χ1n) is 6.23. The van der Waals surface area contributed by atoms with E-state index < -0.39 is 27.4 Å². The molecule has 0 saturated carbocycles. The summed E-state index contributed by atoms with van der Waals surface area (Å²) in [6, 6.07) is 5.08. The fourth-order valence-corrected chi connectivity index (χ4v) is 2.49. The van der Waals surface area contributed by atoms with Crippen LogP contribution in [-0.2, 0) is 19.6 Å². The molecule has 0 bridgehead atoms. The van der Waals surface area contributed by atoms with E-state index in [1.54, 1.807) is 0 Å². The maximum absolute atomic E-state index is 11.8. The van der Waals surface area contributed by atoms with Crippen molar-refractivity contribution >= 4 is 27.3 Å². The van der Waals surface area contributed by atoms with Crippen LogP contribution in [-0.4, -0.2) is 52.3 Å². The van der Waals surface area contributed by atoms with E-state index in [-0.39, 0.29) is 17.9 Å². The van der Waals surface area contributed by atoms with Gasteiger partial charge in [0.15, 0.2) is 0 Å². The average Bonchev–Trinajstić information content (AvgIpc) is 2.44. The molecule has 122 valence electrons. The maximum Gasteiger partial charge on any atom is 0.271 e. The van der Waals surface area contributed by atoms with Gasteiger partial charge in [-0.3, -0.25) is 19.2 Å². The van der Waals surface area contributed by atoms with Gasteiger partial charge in [0.05, 0.1) is 23.5 Å². The molecule has 0 fully saturated rings. The number of methoxy groups -OCH3 is 1. The molecule has 1 N–H and O–H groups in total. The highest BCUT2D eigenvalue weighted by Gasteiger charge is 2.22. The second-order valence-electron chi connectivity index (χ2n) is 4.39. The van der Waals surface area contributed by atoms with Crippen molar-refractivity contribution in [2.24, 2.45) is 0 Å². The molecule has 0 aliphatic rings. The number of nitro benzene ring substituents is 1. The number of sulfonamides is 1. The lowest BCUT2D eigenvalue weighted by Crippen LogP contribution is -2.41. The third-order valence-corrected chi connectivity index (χ3v) is 3.79. The second-order valence-corrected chi connectivity index (χ2v) is 6.30. The molecule has 0 spiro atoms. The normalized spacial score (nSPS) is 11.0. The zero-order chi connectivity index (χ0) is 16.8. The number of nitrogens with one attached hydrogen (secondary N) is 1. The average molecular weight is 331 g/mol. The number of ether oxygens (including phenoxy) is 1. The molecule has 0 unspecified atom stereocenters. The van der Waals surface area contributed by atoms with Gasteiger partial charge >= 0.3 is 0 Å². The quantitative estimate of drug-likeness (QED) is 0.411. The molecule has 1 amide bonds. The minimum atomic E-state index is -3.77. The largest absolute Gasteiger partial charge is 0.383 e. The number of nitrogens with zero attached hydrogens (tertiary/aromatic N) is 2. The summed E-state index contributed by atoms with van der Waals surface area (Å²) in [5, 5.41) is 13.3. The van der Waals surface area contributed by atoms with Crippen LogP contribution in [0.3, 0.4) is 0 Å². The number of anilines is 1. The van der Waals surface area contributed by atoms with E-state index in [0.717, 1.165) is 16.6 Å². The van der Waals surface area contributed by atoms with Crippen LogP contribution in [0.5, 0.6) is 0 Å².